The first kappa shape index (κ1) is 21.7. The van der Waals surface area contributed by atoms with Gasteiger partial charge in [-0.1, -0.05) is 42.5 Å². The van der Waals surface area contributed by atoms with Crippen LogP contribution >= 0.6 is 0 Å². The first-order valence-electron chi connectivity index (χ1n) is 10.5. The zero-order valence-electron chi connectivity index (χ0n) is 17.7. The smallest absolute Gasteiger partial charge is 0.269 e. The molecule has 0 bridgehead atoms. The van der Waals surface area contributed by atoms with Gasteiger partial charge in [-0.2, -0.15) is 0 Å². The number of non-ortho nitro benzene ring substituents is 1. The molecule has 166 valence electrons. The van der Waals surface area contributed by atoms with Gasteiger partial charge in [-0.05, 0) is 11.1 Å². The van der Waals surface area contributed by atoms with Crippen LogP contribution in [0.2, 0.25) is 0 Å². The van der Waals surface area contributed by atoms with Crippen LogP contribution in [0.4, 0.5) is 5.69 Å². The maximum atomic E-state index is 12.4. The fraction of sp³-hybridized carbons (Fsp3) is 0.292. The van der Waals surface area contributed by atoms with Crippen LogP contribution in [0.25, 0.3) is 0 Å². The summed E-state index contributed by atoms with van der Waals surface area (Å²) < 4.78 is 11.2. The van der Waals surface area contributed by atoms with Gasteiger partial charge < -0.3 is 9.15 Å². The van der Waals surface area contributed by atoms with E-state index in [2.05, 4.69) is 34.1 Å². The summed E-state index contributed by atoms with van der Waals surface area (Å²) in [5.41, 5.74) is 1.64. The average molecular weight is 435 g/mol. The van der Waals surface area contributed by atoms with E-state index in [0.29, 0.717) is 17.9 Å². The van der Waals surface area contributed by atoms with Crippen molar-refractivity contribution in [3.05, 3.63) is 104 Å². The number of piperazine rings is 1. The second-order valence-electron chi connectivity index (χ2n) is 7.83. The third kappa shape index (κ3) is 5.81. The molecule has 1 aliphatic rings. The van der Waals surface area contributed by atoms with Crippen LogP contribution < -0.4 is 10.2 Å². The van der Waals surface area contributed by atoms with Gasteiger partial charge in [-0.3, -0.25) is 24.7 Å². The van der Waals surface area contributed by atoms with Crippen molar-refractivity contribution < 1.29 is 14.1 Å². The van der Waals surface area contributed by atoms with Crippen molar-refractivity contribution in [2.75, 3.05) is 26.2 Å². The topological polar surface area (TPSA) is 89.1 Å². The van der Waals surface area contributed by atoms with Crippen LogP contribution in [0.5, 0.6) is 5.75 Å². The second kappa shape index (κ2) is 10.2. The molecule has 1 saturated heterocycles. The third-order valence-corrected chi connectivity index (χ3v) is 5.46. The summed E-state index contributed by atoms with van der Waals surface area (Å²) >= 11 is 0. The van der Waals surface area contributed by atoms with Gasteiger partial charge in [0.15, 0.2) is 0 Å². The van der Waals surface area contributed by atoms with E-state index in [0.717, 1.165) is 32.7 Å². The van der Waals surface area contributed by atoms with Crippen LogP contribution in [0, 0.1) is 10.1 Å². The van der Waals surface area contributed by atoms with Crippen LogP contribution in [-0.4, -0.2) is 40.9 Å². The van der Waals surface area contributed by atoms with E-state index in [4.69, 9.17) is 9.15 Å². The van der Waals surface area contributed by atoms with E-state index in [9.17, 15) is 14.9 Å². The molecule has 3 aromatic rings. The summed E-state index contributed by atoms with van der Waals surface area (Å²) in [7, 11) is 0. The number of nitro benzene ring substituents is 1. The van der Waals surface area contributed by atoms with Gasteiger partial charge in [-0.15, -0.1) is 0 Å². The summed E-state index contributed by atoms with van der Waals surface area (Å²) in [6.45, 7) is 5.30. The minimum atomic E-state index is -0.464. The first-order chi connectivity index (χ1) is 15.6. The van der Waals surface area contributed by atoms with Crippen molar-refractivity contribution in [1.29, 1.82) is 0 Å². The molecule has 1 aliphatic heterocycles. The lowest BCUT2D eigenvalue weighted by atomic mass is 10.2. The molecule has 2 heterocycles. The molecule has 0 radical (unpaired) electrons. The Balaban J connectivity index is 1.28. The van der Waals surface area contributed by atoms with E-state index in [-0.39, 0.29) is 23.5 Å². The number of benzene rings is 2. The number of rotatable bonds is 8. The Bertz CT molecular complexity index is 1110. The molecular formula is C24H25N3O5. The van der Waals surface area contributed by atoms with Crippen LogP contribution in [-0.2, 0) is 19.7 Å². The highest BCUT2D eigenvalue weighted by atomic mass is 16.6. The summed E-state index contributed by atoms with van der Waals surface area (Å²) in [4.78, 5) is 27.5. The fourth-order valence-corrected chi connectivity index (χ4v) is 3.72. The number of hydrogen-bond acceptors (Lipinski definition) is 7. The van der Waals surface area contributed by atoms with Gasteiger partial charge in [0.1, 0.15) is 18.6 Å². The molecule has 8 heteroatoms. The van der Waals surface area contributed by atoms with Gasteiger partial charge in [-0.25, -0.2) is 0 Å². The highest BCUT2D eigenvalue weighted by molar-refractivity contribution is 5.34. The Morgan fingerprint density at radius 3 is 2.28 bits per heavy atom. The second-order valence-corrected chi connectivity index (χ2v) is 7.83. The van der Waals surface area contributed by atoms with Gasteiger partial charge in [0, 0.05) is 50.9 Å². The van der Waals surface area contributed by atoms with E-state index in [1.807, 2.05) is 6.07 Å². The Labute approximate surface area is 185 Å². The summed E-state index contributed by atoms with van der Waals surface area (Å²) in [6, 6.07) is 18.0. The van der Waals surface area contributed by atoms with Crippen molar-refractivity contribution in [3.8, 4) is 5.75 Å². The van der Waals surface area contributed by atoms with E-state index in [1.54, 1.807) is 12.1 Å². The summed E-state index contributed by atoms with van der Waals surface area (Å²) in [5, 5.41) is 10.9. The van der Waals surface area contributed by atoms with Crippen LogP contribution in [0.3, 0.4) is 0 Å². The lowest BCUT2D eigenvalue weighted by Crippen LogP contribution is -2.45. The zero-order valence-corrected chi connectivity index (χ0v) is 17.7. The molecule has 2 aromatic carbocycles. The predicted molar refractivity (Wildman–Crippen MR) is 119 cm³/mol. The number of ether oxygens (including phenoxy) is 1. The molecule has 0 unspecified atom stereocenters. The first-order valence-corrected chi connectivity index (χ1v) is 10.5. The van der Waals surface area contributed by atoms with Crippen LogP contribution in [0.1, 0.15) is 16.9 Å². The lowest BCUT2D eigenvalue weighted by molar-refractivity contribution is -0.384. The third-order valence-electron chi connectivity index (χ3n) is 5.46. The molecule has 0 spiro atoms. The maximum absolute atomic E-state index is 12.4. The standard InChI is InChI=1S/C24H25N3O5/c28-23-14-22(16-26-11-9-25(10-12-26)15-19-5-2-1-3-6-19)31-18-24(23)32-17-20-7-4-8-21(13-20)27(29)30/h1-8,13-14,18H,9-12,15-17H2. The largest absolute Gasteiger partial charge is 0.482 e. The van der Waals surface area contributed by atoms with Crippen molar-refractivity contribution in [2.45, 2.75) is 19.7 Å². The van der Waals surface area contributed by atoms with Crippen molar-refractivity contribution >= 4 is 5.69 Å². The van der Waals surface area contributed by atoms with Gasteiger partial charge in [0.05, 0.1) is 11.5 Å². The molecule has 1 aromatic heterocycles. The number of nitrogens with zero attached hydrogens (tertiary/aromatic N) is 3. The maximum Gasteiger partial charge on any atom is 0.269 e. The highest BCUT2D eigenvalue weighted by Crippen LogP contribution is 2.16. The normalized spacial score (nSPS) is 14.9. The molecule has 0 amide bonds. The number of nitro groups is 1. The zero-order chi connectivity index (χ0) is 22.3. The Kier molecular flexibility index (Phi) is 6.94. The minimum Gasteiger partial charge on any atom is -0.482 e. The molecular weight excluding hydrogens is 410 g/mol. The van der Waals surface area contributed by atoms with Crippen molar-refractivity contribution in [3.63, 3.8) is 0 Å². The highest BCUT2D eigenvalue weighted by Gasteiger charge is 2.18. The molecule has 0 atom stereocenters. The quantitative estimate of drug-likeness (QED) is 0.395. The van der Waals surface area contributed by atoms with Crippen LogP contribution in [0.15, 0.2) is 76.1 Å². The molecule has 0 aliphatic carbocycles. The molecule has 1 fully saturated rings. The Morgan fingerprint density at radius 2 is 1.59 bits per heavy atom. The predicted octanol–water partition coefficient (Wildman–Crippen LogP) is 3.44. The molecule has 4 rings (SSSR count). The molecule has 8 nitrogen and oxygen atoms in total. The van der Waals surface area contributed by atoms with Crippen molar-refractivity contribution in [1.82, 2.24) is 9.80 Å². The monoisotopic (exact) mass is 435 g/mol. The van der Waals surface area contributed by atoms with Gasteiger partial charge in [0.25, 0.3) is 5.69 Å². The van der Waals surface area contributed by atoms with Gasteiger partial charge in [0.2, 0.25) is 11.2 Å². The summed E-state index contributed by atoms with van der Waals surface area (Å²) in [5.74, 6) is 0.683. The minimum absolute atomic E-state index is 0.0163. The van der Waals surface area contributed by atoms with E-state index >= 15 is 0 Å². The SMILES string of the molecule is O=c1cc(CN2CCN(Cc3ccccc3)CC2)occ1OCc1cccc([N+](=O)[O-])c1. The van der Waals surface area contributed by atoms with Crippen molar-refractivity contribution in [2.24, 2.45) is 0 Å². The lowest BCUT2D eigenvalue weighted by Gasteiger charge is -2.34. The molecule has 32 heavy (non-hydrogen) atoms. The number of hydrogen-bond donors (Lipinski definition) is 0. The fourth-order valence-electron chi connectivity index (χ4n) is 3.72. The Morgan fingerprint density at radius 1 is 0.906 bits per heavy atom. The molecule has 0 N–H and O–H groups in total. The van der Waals surface area contributed by atoms with E-state index in [1.165, 1.54) is 30.0 Å². The van der Waals surface area contributed by atoms with Gasteiger partial charge >= 0.3 is 0 Å². The molecule has 0 saturated carbocycles. The van der Waals surface area contributed by atoms with E-state index < -0.39 is 4.92 Å². The summed E-state index contributed by atoms with van der Waals surface area (Å²) in [6.07, 6.45) is 1.32. The average Bonchev–Trinajstić information content (AvgIpc) is 2.81. The Hall–Kier alpha value is -3.49.